The van der Waals surface area contributed by atoms with Crippen LogP contribution < -0.4 is 0 Å². The zero-order valence-electron chi connectivity index (χ0n) is 14.0. The molecule has 3 aromatic rings. The van der Waals surface area contributed by atoms with Gasteiger partial charge in [0, 0.05) is 43.8 Å². The molecule has 1 N–H and O–H groups in total. The molecule has 128 valence electrons. The van der Waals surface area contributed by atoms with E-state index in [9.17, 15) is 4.79 Å². The number of carbonyl (C=O) groups is 1. The van der Waals surface area contributed by atoms with E-state index < -0.39 is 0 Å². The molecular formula is C19H21N5O. The fourth-order valence-corrected chi connectivity index (χ4v) is 3.49. The van der Waals surface area contributed by atoms with Crippen LogP contribution in [0.4, 0.5) is 0 Å². The van der Waals surface area contributed by atoms with E-state index in [4.69, 9.17) is 0 Å². The molecule has 6 heteroatoms. The summed E-state index contributed by atoms with van der Waals surface area (Å²) >= 11 is 0. The number of likely N-dealkylation sites (tertiary alicyclic amines) is 1. The molecular weight excluding hydrogens is 314 g/mol. The second-order valence-electron chi connectivity index (χ2n) is 6.41. The Labute approximate surface area is 146 Å². The number of aromatic nitrogens is 4. The van der Waals surface area contributed by atoms with Gasteiger partial charge >= 0.3 is 0 Å². The number of piperidine rings is 1. The molecule has 1 amide bonds. The van der Waals surface area contributed by atoms with Crippen molar-refractivity contribution < 1.29 is 4.79 Å². The van der Waals surface area contributed by atoms with Gasteiger partial charge in [0.2, 0.25) is 0 Å². The number of rotatable bonds is 4. The van der Waals surface area contributed by atoms with E-state index in [0.717, 1.165) is 30.9 Å². The molecule has 1 aliphatic rings. The third-order valence-corrected chi connectivity index (χ3v) is 4.71. The van der Waals surface area contributed by atoms with Gasteiger partial charge in [-0.25, -0.2) is 4.98 Å². The van der Waals surface area contributed by atoms with Crippen LogP contribution in [-0.4, -0.2) is 43.4 Å². The van der Waals surface area contributed by atoms with Gasteiger partial charge in [-0.15, -0.1) is 0 Å². The van der Waals surface area contributed by atoms with Crippen LogP contribution in [0, 0.1) is 0 Å². The van der Waals surface area contributed by atoms with Crippen molar-refractivity contribution in [2.24, 2.45) is 0 Å². The topological polar surface area (TPSA) is 66.8 Å². The molecule has 4 rings (SSSR count). The van der Waals surface area contributed by atoms with Crippen molar-refractivity contribution >= 4 is 5.91 Å². The van der Waals surface area contributed by atoms with Crippen LogP contribution in [0.2, 0.25) is 0 Å². The Balaban J connectivity index is 1.50. The maximum atomic E-state index is 12.6. The van der Waals surface area contributed by atoms with Gasteiger partial charge in [-0.05, 0) is 37.1 Å². The summed E-state index contributed by atoms with van der Waals surface area (Å²) < 4.78 is 2.15. The lowest BCUT2D eigenvalue weighted by Crippen LogP contribution is -2.40. The van der Waals surface area contributed by atoms with Crippen LogP contribution in [0.3, 0.4) is 0 Å². The predicted molar refractivity (Wildman–Crippen MR) is 94.2 cm³/mol. The number of pyridine rings is 1. The number of H-pyrrole nitrogens is 1. The quantitative estimate of drug-likeness (QED) is 0.797. The van der Waals surface area contributed by atoms with Crippen molar-refractivity contribution in [3.05, 3.63) is 72.3 Å². The summed E-state index contributed by atoms with van der Waals surface area (Å²) in [5, 5.41) is 0. The normalized spacial score (nSPS) is 17.6. The highest BCUT2D eigenvalue weighted by Gasteiger charge is 2.28. The molecule has 0 bridgehead atoms. The second kappa shape index (κ2) is 6.93. The van der Waals surface area contributed by atoms with Crippen LogP contribution in [-0.2, 0) is 6.54 Å². The average Bonchev–Trinajstić information content (AvgIpc) is 3.34. The highest BCUT2D eigenvalue weighted by Crippen LogP contribution is 2.27. The van der Waals surface area contributed by atoms with Gasteiger partial charge < -0.3 is 14.5 Å². The van der Waals surface area contributed by atoms with Crippen molar-refractivity contribution in [1.82, 2.24) is 24.4 Å². The fraction of sp³-hybridized carbons (Fsp3) is 0.316. The predicted octanol–water partition coefficient (Wildman–Crippen LogP) is 2.67. The first-order chi connectivity index (χ1) is 12.3. The van der Waals surface area contributed by atoms with Crippen molar-refractivity contribution in [1.29, 1.82) is 0 Å². The number of imidazole rings is 1. The lowest BCUT2D eigenvalue weighted by molar-refractivity contribution is 0.0698. The van der Waals surface area contributed by atoms with E-state index in [1.807, 2.05) is 53.8 Å². The van der Waals surface area contributed by atoms with Crippen molar-refractivity contribution in [3.63, 3.8) is 0 Å². The summed E-state index contributed by atoms with van der Waals surface area (Å²) in [5.41, 5.74) is 1.66. The SMILES string of the molecule is O=C(c1ccc[nH]1)N1CCC[C@H](c2nccn2Cc2ccccn2)C1. The van der Waals surface area contributed by atoms with Crippen LogP contribution in [0.15, 0.2) is 55.1 Å². The molecule has 1 atom stereocenters. The van der Waals surface area contributed by atoms with E-state index in [1.54, 1.807) is 6.20 Å². The van der Waals surface area contributed by atoms with Crippen LogP contribution in [0.1, 0.15) is 40.8 Å². The summed E-state index contributed by atoms with van der Waals surface area (Å²) in [7, 11) is 0. The average molecular weight is 335 g/mol. The van der Waals surface area contributed by atoms with Gasteiger partial charge in [-0.2, -0.15) is 0 Å². The largest absolute Gasteiger partial charge is 0.357 e. The van der Waals surface area contributed by atoms with Gasteiger partial charge in [0.05, 0.1) is 12.2 Å². The monoisotopic (exact) mass is 335 g/mol. The molecule has 3 aromatic heterocycles. The van der Waals surface area contributed by atoms with Crippen LogP contribution in [0.5, 0.6) is 0 Å². The molecule has 0 saturated carbocycles. The fourth-order valence-electron chi connectivity index (χ4n) is 3.49. The standard InChI is InChI=1S/C19H21N5O/c25-19(17-7-3-9-21-17)24-11-4-5-15(13-24)18-22-10-12-23(18)14-16-6-1-2-8-20-16/h1-3,6-10,12,15,21H,4-5,11,13-14H2/t15-/m0/s1. The minimum atomic E-state index is 0.0672. The molecule has 0 spiro atoms. The van der Waals surface area contributed by atoms with Crippen LogP contribution >= 0.6 is 0 Å². The maximum Gasteiger partial charge on any atom is 0.270 e. The number of hydrogen-bond acceptors (Lipinski definition) is 3. The highest BCUT2D eigenvalue weighted by atomic mass is 16.2. The van der Waals surface area contributed by atoms with Crippen LogP contribution in [0.25, 0.3) is 0 Å². The van der Waals surface area contributed by atoms with Gasteiger partial charge in [0.25, 0.3) is 5.91 Å². The van der Waals surface area contributed by atoms with Crippen molar-refractivity contribution in [3.8, 4) is 0 Å². The number of nitrogens with zero attached hydrogens (tertiary/aromatic N) is 4. The summed E-state index contributed by atoms with van der Waals surface area (Å²) in [5.74, 6) is 1.36. The number of nitrogens with one attached hydrogen (secondary N) is 1. The van der Waals surface area contributed by atoms with E-state index in [2.05, 4.69) is 19.5 Å². The number of carbonyl (C=O) groups excluding carboxylic acids is 1. The smallest absolute Gasteiger partial charge is 0.270 e. The molecule has 0 aliphatic carbocycles. The third kappa shape index (κ3) is 3.33. The Morgan fingerprint density at radius 1 is 1.20 bits per heavy atom. The molecule has 1 aliphatic heterocycles. The Hall–Kier alpha value is -2.89. The van der Waals surface area contributed by atoms with Crippen molar-refractivity contribution in [2.45, 2.75) is 25.3 Å². The number of hydrogen-bond donors (Lipinski definition) is 1. The Bertz CT molecular complexity index is 825. The van der Waals surface area contributed by atoms with E-state index in [1.165, 1.54) is 0 Å². The minimum Gasteiger partial charge on any atom is -0.357 e. The molecule has 25 heavy (non-hydrogen) atoms. The van der Waals surface area contributed by atoms with Gasteiger partial charge in [0.15, 0.2) is 0 Å². The number of amides is 1. The first-order valence-electron chi connectivity index (χ1n) is 8.65. The number of aromatic amines is 1. The molecule has 0 radical (unpaired) electrons. The molecule has 1 saturated heterocycles. The second-order valence-corrected chi connectivity index (χ2v) is 6.41. The molecule has 0 aromatic carbocycles. The van der Waals surface area contributed by atoms with Gasteiger partial charge in [-0.3, -0.25) is 9.78 Å². The zero-order chi connectivity index (χ0) is 17.1. The van der Waals surface area contributed by atoms with Crippen molar-refractivity contribution in [2.75, 3.05) is 13.1 Å². The van der Waals surface area contributed by atoms with E-state index in [0.29, 0.717) is 18.8 Å². The van der Waals surface area contributed by atoms with E-state index >= 15 is 0 Å². The Morgan fingerprint density at radius 3 is 2.96 bits per heavy atom. The summed E-state index contributed by atoms with van der Waals surface area (Å²) in [6.07, 6.45) is 9.47. The van der Waals surface area contributed by atoms with Gasteiger partial charge in [0.1, 0.15) is 11.5 Å². The maximum absolute atomic E-state index is 12.6. The first-order valence-corrected chi connectivity index (χ1v) is 8.65. The van der Waals surface area contributed by atoms with E-state index in [-0.39, 0.29) is 11.8 Å². The lowest BCUT2D eigenvalue weighted by atomic mass is 9.96. The molecule has 0 unspecified atom stereocenters. The summed E-state index contributed by atoms with van der Waals surface area (Å²) in [4.78, 5) is 26.5. The molecule has 4 heterocycles. The Morgan fingerprint density at radius 2 is 2.16 bits per heavy atom. The summed E-state index contributed by atoms with van der Waals surface area (Å²) in [6, 6.07) is 9.62. The molecule has 6 nitrogen and oxygen atoms in total. The minimum absolute atomic E-state index is 0.0672. The first kappa shape index (κ1) is 15.6. The van der Waals surface area contributed by atoms with Gasteiger partial charge in [-0.1, -0.05) is 6.07 Å². The molecule has 1 fully saturated rings. The Kier molecular flexibility index (Phi) is 4.33. The lowest BCUT2D eigenvalue weighted by Gasteiger charge is -2.32. The summed E-state index contributed by atoms with van der Waals surface area (Å²) in [6.45, 7) is 2.21. The highest BCUT2D eigenvalue weighted by molar-refractivity contribution is 5.92. The zero-order valence-corrected chi connectivity index (χ0v) is 14.0. The third-order valence-electron chi connectivity index (χ3n) is 4.71.